The van der Waals surface area contributed by atoms with Gasteiger partial charge in [0.25, 0.3) is 0 Å². The molecule has 0 spiro atoms. The maximum atomic E-state index is 13.9. The number of alkyl halides is 3. The number of amides is 2. The second-order valence-electron chi connectivity index (χ2n) is 13.8. The van der Waals surface area contributed by atoms with E-state index in [1.165, 1.54) is 0 Å². The van der Waals surface area contributed by atoms with Gasteiger partial charge in [0.15, 0.2) is 5.65 Å². The number of aromatic nitrogens is 3. The van der Waals surface area contributed by atoms with Gasteiger partial charge in [-0.3, -0.25) is 4.79 Å². The average Bonchev–Trinajstić information content (AvgIpc) is 3.56. The van der Waals surface area contributed by atoms with Crippen LogP contribution in [0, 0.1) is 17.3 Å². The van der Waals surface area contributed by atoms with Crippen molar-refractivity contribution in [2.24, 2.45) is 17.3 Å². The molecule has 0 saturated heterocycles. The van der Waals surface area contributed by atoms with Gasteiger partial charge in [-0.05, 0) is 94.6 Å². The summed E-state index contributed by atoms with van der Waals surface area (Å²) in [5.41, 5.74) is 0.0151. The first-order chi connectivity index (χ1) is 18.7. The van der Waals surface area contributed by atoms with E-state index in [1.807, 2.05) is 6.07 Å². The van der Waals surface area contributed by atoms with Crippen molar-refractivity contribution in [1.29, 1.82) is 0 Å². The predicted molar refractivity (Wildman–Crippen MR) is 140 cm³/mol. The molecule has 2 aromatic rings. The zero-order chi connectivity index (χ0) is 28.5. The number of halogens is 3. The van der Waals surface area contributed by atoms with Crippen molar-refractivity contribution in [2.75, 3.05) is 0 Å². The topological polar surface area (TPSA) is 97.6 Å². The molecule has 11 heteroatoms. The minimum Gasteiger partial charge on any atom is -0.444 e. The first kappa shape index (κ1) is 27.3. The van der Waals surface area contributed by atoms with Crippen molar-refractivity contribution in [3.8, 4) is 0 Å². The van der Waals surface area contributed by atoms with Gasteiger partial charge in [0, 0.05) is 19.3 Å². The number of nitrogens with zero attached hydrogens (tertiary/aromatic N) is 3. The summed E-state index contributed by atoms with van der Waals surface area (Å²) in [6.45, 7) is 5.29. The summed E-state index contributed by atoms with van der Waals surface area (Å²) in [6, 6.07) is 1.08. The van der Waals surface area contributed by atoms with E-state index in [1.54, 1.807) is 37.7 Å². The number of hydrogen-bond acceptors (Lipinski definition) is 5. The van der Waals surface area contributed by atoms with Gasteiger partial charge in [0.05, 0.1) is 30.2 Å². The van der Waals surface area contributed by atoms with Gasteiger partial charge in [0.2, 0.25) is 11.8 Å². The number of hydrogen-bond donors (Lipinski definition) is 2. The van der Waals surface area contributed by atoms with Crippen LogP contribution in [0.15, 0.2) is 18.5 Å². The highest BCUT2D eigenvalue weighted by atomic mass is 19.3. The van der Waals surface area contributed by atoms with Crippen molar-refractivity contribution < 1.29 is 27.5 Å². The van der Waals surface area contributed by atoms with Crippen LogP contribution < -0.4 is 10.6 Å². The van der Waals surface area contributed by atoms with Crippen molar-refractivity contribution >= 4 is 17.6 Å². The Morgan fingerprint density at radius 3 is 2.30 bits per heavy atom. The number of fused-ring (bicyclic) bond motifs is 1. The zero-order valence-electron chi connectivity index (χ0n) is 23.3. The van der Waals surface area contributed by atoms with Gasteiger partial charge in [-0.2, -0.15) is 5.10 Å². The molecule has 40 heavy (non-hydrogen) atoms. The molecule has 2 aromatic heterocycles. The quantitative estimate of drug-likeness (QED) is 0.414. The molecule has 7 rings (SSSR count). The lowest BCUT2D eigenvalue weighted by Gasteiger charge is -2.65. The van der Waals surface area contributed by atoms with Crippen LogP contribution in [-0.4, -0.2) is 43.8 Å². The maximum Gasteiger partial charge on any atom is 0.408 e. The molecule has 2 N–H and O–H groups in total. The summed E-state index contributed by atoms with van der Waals surface area (Å²) < 4.78 is 48.8. The normalized spacial score (nSPS) is 29.1. The molecule has 5 saturated carbocycles. The highest BCUT2D eigenvalue weighted by molar-refractivity contribution is 5.78. The van der Waals surface area contributed by atoms with Crippen LogP contribution >= 0.6 is 0 Å². The fourth-order valence-corrected chi connectivity index (χ4v) is 7.01. The van der Waals surface area contributed by atoms with Crippen LogP contribution in [-0.2, 0) is 9.53 Å². The lowest BCUT2D eigenvalue weighted by atomic mass is 9.41. The van der Waals surface area contributed by atoms with Crippen LogP contribution in [0.5, 0.6) is 0 Å². The van der Waals surface area contributed by atoms with E-state index in [0.29, 0.717) is 42.9 Å². The molecule has 0 aliphatic heterocycles. The Balaban J connectivity index is 1.21. The third-order valence-electron chi connectivity index (χ3n) is 8.96. The van der Waals surface area contributed by atoms with E-state index in [-0.39, 0.29) is 49.0 Å². The van der Waals surface area contributed by atoms with Gasteiger partial charge < -0.3 is 15.4 Å². The van der Waals surface area contributed by atoms with Gasteiger partial charge in [-0.15, -0.1) is 0 Å². The zero-order valence-corrected chi connectivity index (χ0v) is 23.3. The molecule has 5 aliphatic rings. The monoisotopic (exact) mass is 561 g/mol. The Bertz CT molecular complexity index is 1290. The number of nitrogens with one attached hydrogen (secondary N) is 2. The number of carbonyl (C=O) groups is 2. The highest BCUT2D eigenvalue weighted by Gasteiger charge is 2.69. The van der Waals surface area contributed by atoms with Crippen molar-refractivity contribution in [3.63, 3.8) is 0 Å². The van der Waals surface area contributed by atoms with E-state index in [0.717, 1.165) is 18.4 Å². The van der Waals surface area contributed by atoms with Crippen molar-refractivity contribution in [1.82, 2.24) is 25.2 Å². The maximum absolute atomic E-state index is 13.9. The summed E-state index contributed by atoms with van der Waals surface area (Å²) in [5.74, 6) is -2.67. The van der Waals surface area contributed by atoms with Gasteiger partial charge in [0.1, 0.15) is 11.3 Å². The predicted octanol–water partition coefficient (Wildman–Crippen LogP) is 5.97. The van der Waals surface area contributed by atoms with Crippen molar-refractivity contribution in [2.45, 2.75) is 114 Å². The molecule has 2 atom stereocenters. The molecule has 5 fully saturated rings. The second-order valence-corrected chi connectivity index (χ2v) is 13.8. The number of ether oxygens (including phenoxy) is 1. The molecular weight excluding hydrogens is 523 g/mol. The summed E-state index contributed by atoms with van der Waals surface area (Å²) >= 11 is 0. The lowest BCUT2D eigenvalue weighted by molar-refractivity contribution is -0.215. The first-order valence-corrected chi connectivity index (χ1v) is 14.4. The molecule has 5 aliphatic carbocycles. The minimum atomic E-state index is -2.70. The molecule has 2 heterocycles. The van der Waals surface area contributed by atoms with E-state index in [9.17, 15) is 22.8 Å². The highest BCUT2D eigenvalue weighted by Crippen LogP contribution is 2.71. The fraction of sp³-hybridized carbons (Fsp3) is 0.724. The van der Waals surface area contributed by atoms with Crippen LogP contribution in [0.3, 0.4) is 0 Å². The molecule has 218 valence electrons. The van der Waals surface area contributed by atoms with E-state index in [4.69, 9.17) is 9.72 Å². The molecule has 0 radical (unpaired) electrons. The Kier molecular flexibility index (Phi) is 6.38. The Labute approximate surface area is 231 Å². The number of imidazole rings is 1. The fourth-order valence-electron chi connectivity index (χ4n) is 7.01. The first-order valence-electron chi connectivity index (χ1n) is 14.4. The summed E-state index contributed by atoms with van der Waals surface area (Å²) in [4.78, 5) is 30.4. The molecule has 8 nitrogen and oxygen atoms in total. The van der Waals surface area contributed by atoms with Gasteiger partial charge in [-0.1, -0.05) is 0 Å². The minimum absolute atomic E-state index is 0.0571. The van der Waals surface area contributed by atoms with E-state index >= 15 is 0 Å². The largest absolute Gasteiger partial charge is 0.444 e. The summed E-state index contributed by atoms with van der Waals surface area (Å²) in [6.07, 6.45) is 6.66. The number of carbonyl (C=O) groups excluding carboxylic acids is 2. The van der Waals surface area contributed by atoms with Gasteiger partial charge in [-0.25, -0.2) is 27.5 Å². The third-order valence-corrected chi connectivity index (χ3v) is 8.96. The average molecular weight is 562 g/mol. The van der Waals surface area contributed by atoms with Crippen LogP contribution in [0.1, 0.15) is 108 Å². The summed E-state index contributed by atoms with van der Waals surface area (Å²) in [7, 11) is 0. The van der Waals surface area contributed by atoms with Crippen molar-refractivity contribution in [3.05, 3.63) is 29.7 Å². The van der Waals surface area contributed by atoms with Crippen LogP contribution in [0.4, 0.5) is 18.0 Å². The number of alkyl carbamates (subject to hydrolysis) is 1. The Hall–Kier alpha value is -2.85. The molecule has 2 bridgehead atoms. The number of rotatable bonds is 8. The van der Waals surface area contributed by atoms with Crippen LogP contribution in [0.2, 0.25) is 0 Å². The Morgan fingerprint density at radius 2 is 1.70 bits per heavy atom. The molecule has 1 unspecified atom stereocenters. The molecule has 0 aromatic carbocycles. The molecular formula is C29H38F3N5O3. The Morgan fingerprint density at radius 1 is 1.05 bits per heavy atom. The standard InChI is InChI=1S/C29H38F3N5O3/c1-26(2,3)40-25(39)36-24(18-6-8-29(31,32)9-7-18)20-13-37-21(34-20)10-19(12-33-37)23(17-4-5-17)35-22(38)11-27-14-28(30,15-27)16-27/h10,12-13,17-18,23-24H,4-9,11,14-16H2,1-3H3,(H,35,38)(H,36,39)/t23?,24-,27?,28?/m0/s1. The van der Waals surface area contributed by atoms with Crippen LogP contribution in [0.25, 0.3) is 5.65 Å². The smallest absolute Gasteiger partial charge is 0.408 e. The third kappa shape index (κ3) is 5.65. The van der Waals surface area contributed by atoms with E-state index < -0.39 is 29.3 Å². The summed E-state index contributed by atoms with van der Waals surface area (Å²) in [5, 5.41) is 10.6. The molecule has 2 amide bonds. The van der Waals surface area contributed by atoms with Gasteiger partial charge >= 0.3 is 6.09 Å². The lowest BCUT2D eigenvalue weighted by Crippen LogP contribution is -2.65. The van der Waals surface area contributed by atoms with E-state index in [2.05, 4.69) is 15.7 Å². The second kappa shape index (κ2) is 9.34. The SMILES string of the molecule is CC(C)(C)OC(=O)N[C@H](c1cn2ncc(C(NC(=O)CC34CC(F)(C3)C4)C3CC3)cc2n1)C1CCC(F)(F)CC1.